The first-order chi connectivity index (χ1) is 5.55. The summed E-state index contributed by atoms with van der Waals surface area (Å²) in [6.45, 7) is 13.6. The van der Waals surface area contributed by atoms with Gasteiger partial charge in [0.1, 0.15) is 0 Å². The van der Waals surface area contributed by atoms with Gasteiger partial charge in [-0.3, -0.25) is 0 Å². The SMILES string of the molecule is CI(C)N=C(C(C)(C)C)C(C)(C)C. The summed E-state index contributed by atoms with van der Waals surface area (Å²) in [5, 5.41) is 0. The molecule has 0 aromatic rings. The third-order valence-electron chi connectivity index (χ3n) is 1.67. The molecule has 13 heavy (non-hydrogen) atoms. The van der Waals surface area contributed by atoms with Crippen molar-refractivity contribution in [2.45, 2.75) is 41.5 Å². The molecule has 0 atom stereocenters. The van der Waals surface area contributed by atoms with Gasteiger partial charge in [-0.25, -0.2) is 0 Å². The average Bonchev–Trinajstić information content (AvgIpc) is 1.77. The fourth-order valence-corrected chi connectivity index (χ4v) is 3.96. The van der Waals surface area contributed by atoms with Gasteiger partial charge in [-0.05, 0) is 0 Å². The van der Waals surface area contributed by atoms with Crippen molar-refractivity contribution in [1.82, 2.24) is 0 Å². The van der Waals surface area contributed by atoms with Crippen molar-refractivity contribution in [3.63, 3.8) is 0 Å². The Morgan fingerprint density at radius 3 is 1.23 bits per heavy atom. The molecule has 0 heterocycles. The second-order valence-electron chi connectivity index (χ2n) is 5.65. The van der Waals surface area contributed by atoms with E-state index >= 15 is 0 Å². The Balaban J connectivity index is 5.01. The summed E-state index contributed by atoms with van der Waals surface area (Å²) >= 11 is -0.998. The van der Waals surface area contributed by atoms with Gasteiger partial charge in [-0.1, -0.05) is 0 Å². The summed E-state index contributed by atoms with van der Waals surface area (Å²) in [6, 6.07) is 0. The van der Waals surface area contributed by atoms with E-state index in [1.165, 1.54) is 5.71 Å². The molecule has 0 aliphatic rings. The molecule has 0 saturated carbocycles. The Morgan fingerprint density at radius 2 is 1.15 bits per heavy atom. The molecule has 0 unspecified atom stereocenters. The van der Waals surface area contributed by atoms with Gasteiger partial charge < -0.3 is 0 Å². The summed E-state index contributed by atoms with van der Waals surface area (Å²) in [5.74, 6) is 0. The predicted octanol–water partition coefficient (Wildman–Crippen LogP) is 4.20. The van der Waals surface area contributed by atoms with Gasteiger partial charge in [0.2, 0.25) is 0 Å². The van der Waals surface area contributed by atoms with Crippen LogP contribution in [-0.4, -0.2) is 15.6 Å². The second-order valence-corrected chi connectivity index (χ2v) is 10.2. The van der Waals surface area contributed by atoms with Gasteiger partial charge in [-0.2, -0.15) is 0 Å². The quantitative estimate of drug-likeness (QED) is 0.391. The number of rotatable bonds is 1. The molecule has 0 aromatic carbocycles. The zero-order chi connectivity index (χ0) is 10.9. The summed E-state index contributed by atoms with van der Waals surface area (Å²) in [6.07, 6.45) is 0. The van der Waals surface area contributed by atoms with Crippen molar-refractivity contribution in [1.29, 1.82) is 0 Å². The van der Waals surface area contributed by atoms with E-state index in [-0.39, 0.29) is 10.8 Å². The first kappa shape index (κ1) is 13.4. The Morgan fingerprint density at radius 1 is 0.846 bits per heavy atom. The Labute approximate surface area is 91.2 Å². The van der Waals surface area contributed by atoms with Crippen LogP contribution in [0.5, 0.6) is 0 Å². The standard InChI is InChI=1S/C11H24IN/c1-10(2,3)9(11(4,5)6)13-12(7)8/h1-8H3. The van der Waals surface area contributed by atoms with Crippen LogP contribution >= 0.6 is 20.1 Å². The molecule has 0 bridgehead atoms. The second kappa shape index (κ2) is 4.28. The van der Waals surface area contributed by atoms with E-state index in [1.807, 2.05) is 0 Å². The molecular formula is C11H24IN. The van der Waals surface area contributed by atoms with Gasteiger partial charge in [0.05, 0.1) is 0 Å². The summed E-state index contributed by atoms with van der Waals surface area (Å²) in [5.41, 5.74) is 1.83. The third kappa shape index (κ3) is 4.99. The van der Waals surface area contributed by atoms with Gasteiger partial charge in [-0.15, -0.1) is 0 Å². The van der Waals surface area contributed by atoms with E-state index in [2.05, 4.69) is 51.4 Å². The molecule has 0 aliphatic carbocycles. The van der Waals surface area contributed by atoms with E-state index in [1.54, 1.807) is 0 Å². The van der Waals surface area contributed by atoms with Crippen molar-refractivity contribution in [2.24, 2.45) is 14.0 Å². The Kier molecular flexibility index (Phi) is 4.41. The summed E-state index contributed by atoms with van der Waals surface area (Å²) in [4.78, 5) is 4.59. The zero-order valence-electron chi connectivity index (χ0n) is 10.3. The van der Waals surface area contributed by atoms with Crippen molar-refractivity contribution in [2.75, 3.05) is 9.86 Å². The summed E-state index contributed by atoms with van der Waals surface area (Å²) < 4.78 is 4.89. The monoisotopic (exact) mass is 297 g/mol. The van der Waals surface area contributed by atoms with E-state index in [9.17, 15) is 0 Å². The molecule has 0 radical (unpaired) electrons. The number of alkyl halides is 2. The minimum atomic E-state index is -0.998. The molecule has 0 aromatic heterocycles. The van der Waals surface area contributed by atoms with Crippen molar-refractivity contribution < 1.29 is 0 Å². The van der Waals surface area contributed by atoms with Crippen LogP contribution in [0.15, 0.2) is 3.21 Å². The number of hydrogen-bond donors (Lipinski definition) is 0. The molecule has 0 spiro atoms. The van der Waals surface area contributed by atoms with Crippen molar-refractivity contribution in [3.05, 3.63) is 0 Å². The van der Waals surface area contributed by atoms with Gasteiger partial charge >= 0.3 is 91.2 Å². The minimum absolute atomic E-state index is 0.222. The Bertz CT molecular complexity index is 175. The molecule has 0 N–H and O–H groups in total. The maximum atomic E-state index is 4.89. The molecule has 1 nitrogen and oxygen atoms in total. The number of nitrogens with zero attached hydrogens (tertiary/aromatic N) is 1. The number of halogens is 1. The van der Waals surface area contributed by atoms with Crippen molar-refractivity contribution >= 4 is 25.8 Å². The van der Waals surface area contributed by atoms with Gasteiger partial charge in [0.25, 0.3) is 0 Å². The molecule has 0 rings (SSSR count). The molecule has 0 saturated heterocycles. The third-order valence-corrected chi connectivity index (χ3v) is 3.12. The van der Waals surface area contributed by atoms with E-state index in [4.69, 9.17) is 3.21 Å². The van der Waals surface area contributed by atoms with Gasteiger partial charge in [0, 0.05) is 0 Å². The maximum absolute atomic E-state index is 4.89. The topological polar surface area (TPSA) is 12.4 Å². The first-order valence-corrected chi connectivity index (χ1v) is 9.93. The molecule has 80 valence electrons. The molecule has 0 aliphatic heterocycles. The Hall–Kier alpha value is 0.400. The number of hydrogen-bond acceptors (Lipinski definition) is 1. The van der Waals surface area contributed by atoms with Crippen LogP contribution in [-0.2, 0) is 0 Å². The van der Waals surface area contributed by atoms with Crippen LogP contribution in [0.2, 0.25) is 0 Å². The average molecular weight is 297 g/mol. The van der Waals surface area contributed by atoms with Crippen LogP contribution in [0.3, 0.4) is 0 Å². The summed E-state index contributed by atoms with van der Waals surface area (Å²) in [7, 11) is 0. The first-order valence-electron chi connectivity index (χ1n) is 4.65. The van der Waals surface area contributed by atoms with Crippen LogP contribution in [0.25, 0.3) is 0 Å². The van der Waals surface area contributed by atoms with Crippen LogP contribution in [0, 0.1) is 10.8 Å². The predicted molar refractivity (Wildman–Crippen MR) is 72.2 cm³/mol. The van der Waals surface area contributed by atoms with E-state index in [0.29, 0.717) is 0 Å². The molecular weight excluding hydrogens is 273 g/mol. The zero-order valence-corrected chi connectivity index (χ0v) is 12.5. The van der Waals surface area contributed by atoms with E-state index < -0.39 is 20.1 Å². The fourth-order valence-electron chi connectivity index (χ4n) is 1.55. The van der Waals surface area contributed by atoms with Crippen molar-refractivity contribution in [3.8, 4) is 0 Å². The van der Waals surface area contributed by atoms with Gasteiger partial charge in [0.15, 0.2) is 0 Å². The van der Waals surface area contributed by atoms with E-state index in [0.717, 1.165) is 0 Å². The van der Waals surface area contributed by atoms with Crippen LogP contribution in [0.4, 0.5) is 0 Å². The van der Waals surface area contributed by atoms with Crippen LogP contribution < -0.4 is 0 Å². The molecule has 2 heteroatoms. The van der Waals surface area contributed by atoms with Crippen LogP contribution in [0.1, 0.15) is 41.5 Å². The molecule has 0 amide bonds. The fraction of sp³-hybridized carbons (Fsp3) is 0.909. The normalized spacial score (nSPS) is 14.0. The molecule has 0 fully saturated rings.